The van der Waals surface area contributed by atoms with Crippen LogP contribution in [0.3, 0.4) is 0 Å². The summed E-state index contributed by atoms with van der Waals surface area (Å²) < 4.78 is 0.201. The van der Waals surface area contributed by atoms with E-state index in [0.29, 0.717) is 0 Å². The van der Waals surface area contributed by atoms with E-state index in [9.17, 15) is 0 Å². The molecule has 0 unspecified atom stereocenters. The minimum absolute atomic E-state index is 0.0476. The van der Waals surface area contributed by atoms with E-state index >= 15 is 0 Å². The van der Waals surface area contributed by atoms with Gasteiger partial charge < -0.3 is 0 Å². The Hall–Kier alpha value is -1.12. The molecule has 2 aromatic carbocycles. The summed E-state index contributed by atoms with van der Waals surface area (Å²) in [6.45, 7) is 9.49. The molecule has 1 heterocycles. The molecule has 0 nitrogen and oxygen atoms in total. The molecule has 5 rings (SSSR count). The van der Waals surface area contributed by atoms with E-state index in [1.165, 1.54) is 27.1 Å². The minimum Gasteiger partial charge on any atom is -0.133 e. The van der Waals surface area contributed by atoms with Crippen LogP contribution in [0, 0.1) is 10.8 Å². The smallest absolute Gasteiger partial charge is 0.0833 e. The average molecular weight is 365 g/mol. The molecule has 0 N–H and O–H groups in total. The molecule has 2 aromatic rings. The van der Waals surface area contributed by atoms with Crippen molar-refractivity contribution in [3.63, 3.8) is 0 Å². The fourth-order valence-corrected chi connectivity index (χ4v) is 9.13. The van der Waals surface area contributed by atoms with E-state index in [4.69, 9.17) is 12.2 Å². The van der Waals surface area contributed by atoms with Gasteiger partial charge in [0.05, 0.1) is 9.49 Å². The van der Waals surface area contributed by atoms with E-state index < -0.39 is 0 Å². The van der Waals surface area contributed by atoms with Crippen LogP contribution in [-0.4, -0.2) is 9.61 Å². The van der Waals surface area contributed by atoms with Crippen LogP contribution >= 0.6 is 24.0 Å². The third-order valence-electron chi connectivity index (χ3n) is 7.11. The molecule has 0 aromatic heterocycles. The number of aryl methyl sites for hydroxylation is 2. The molecule has 3 aliphatic rings. The van der Waals surface area contributed by atoms with E-state index in [1.54, 1.807) is 0 Å². The number of hydrogen-bond donors (Lipinski definition) is 0. The van der Waals surface area contributed by atoms with Crippen LogP contribution in [0.4, 0.5) is 0 Å². The van der Waals surface area contributed by atoms with Gasteiger partial charge in [0.2, 0.25) is 0 Å². The second-order valence-corrected chi connectivity index (χ2v) is 10.7. The van der Waals surface area contributed by atoms with Gasteiger partial charge in [0.25, 0.3) is 0 Å². The Kier molecular flexibility index (Phi) is 2.95. The topological polar surface area (TPSA) is 0 Å². The van der Waals surface area contributed by atoms with Gasteiger partial charge in [-0.25, -0.2) is 0 Å². The van der Waals surface area contributed by atoms with E-state index in [1.807, 2.05) is 0 Å². The summed E-state index contributed by atoms with van der Waals surface area (Å²) in [4.78, 5) is 1.24. The SMILES string of the molecule is CC1(C)C(=S)C(C)(C)C12SC21c2ccccc2CCc2ccccc21. The van der Waals surface area contributed by atoms with Gasteiger partial charge in [0, 0.05) is 15.7 Å². The van der Waals surface area contributed by atoms with Crippen LogP contribution in [0.1, 0.15) is 49.9 Å². The normalized spacial score (nSPS) is 25.7. The third kappa shape index (κ3) is 1.52. The highest BCUT2D eigenvalue weighted by Crippen LogP contribution is 2.90. The number of benzene rings is 2. The Labute approximate surface area is 160 Å². The fraction of sp³-hybridized carbons (Fsp3) is 0.435. The quantitative estimate of drug-likeness (QED) is 0.418. The fourth-order valence-electron chi connectivity index (χ4n) is 6.23. The summed E-state index contributed by atoms with van der Waals surface area (Å²) in [6.07, 6.45) is 2.27. The van der Waals surface area contributed by atoms with Gasteiger partial charge in [0.1, 0.15) is 0 Å². The van der Waals surface area contributed by atoms with Crippen molar-refractivity contribution in [1.82, 2.24) is 0 Å². The molecular weight excluding hydrogens is 340 g/mol. The number of hydrogen-bond acceptors (Lipinski definition) is 2. The maximum atomic E-state index is 5.92. The van der Waals surface area contributed by atoms with Crippen LogP contribution < -0.4 is 0 Å². The van der Waals surface area contributed by atoms with E-state index in [-0.39, 0.29) is 20.3 Å². The second kappa shape index (κ2) is 4.58. The lowest BCUT2D eigenvalue weighted by molar-refractivity contribution is 0.154. The van der Waals surface area contributed by atoms with Crippen molar-refractivity contribution in [3.05, 3.63) is 70.8 Å². The molecule has 1 aliphatic heterocycles. The Balaban J connectivity index is 1.85. The monoisotopic (exact) mass is 364 g/mol. The lowest BCUT2D eigenvalue weighted by Crippen LogP contribution is -2.68. The molecule has 0 amide bonds. The summed E-state index contributed by atoms with van der Waals surface area (Å²) in [5, 5.41) is 0. The van der Waals surface area contributed by atoms with Crippen LogP contribution in [0.5, 0.6) is 0 Å². The van der Waals surface area contributed by atoms with E-state index in [0.717, 1.165) is 12.8 Å². The number of thiocarbonyl (C=S) groups is 1. The van der Waals surface area contributed by atoms with Crippen LogP contribution in [0.2, 0.25) is 0 Å². The van der Waals surface area contributed by atoms with Gasteiger partial charge in [-0.15, -0.1) is 11.8 Å². The first kappa shape index (κ1) is 16.1. The first-order chi connectivity index (χ1) is 11.8. The Morgan fingerprint density at radius 2 is 1.20 bits per heavy atom. The standard InChI is InChI=1S/C23H24S2/c1-20(2)19(24)21(3,4)23(20)22(25-23)17-11-7-5-9-15(17)13-14-16-10-6-8-12-18(16)22/h5-12H,13-14H2,1-4H3. The van der Waals surface area contributed by atoms with Crippen LogP contribution in [-0.2, 0) is 17.6 Å². The molecule has 1 saturated carbocycles. The van der Waals surface area contributed by atoms with Crippen molar-refractivity contribution >= 4 is 28.8 Å². The summed E-state index contributed by atoms with van der Waals surface area (Å²) in [5.74, 6) is 0. The predicted molar refractivity (Wildman–Crippen MR) is 112 cm³/mol. The first-order valence-corrected chi connectivity index (χ1v) is 10.4. The van der Waals surface area contributed by atoms with Crippen molar-refractivity contribution in [2.45, 2.75) is 50.0 Å². The highest BCUT2D eigenvalue weighted by Gasteiger charge is 2.89. The maximum Gasteiger partial charge on any atom is 0.0833 e. The minimum atomic E-state index is 0.0476. The van der Waals surface area contributed by atoms with Crippen molar-refractivity contribution in [2.24, 2.45) is 10.8 Å². The van der Waals surface area contributed by atoms with Gasteiger partial charge in [-0.3, -0.25) is 0 Å². The zero-order valence-electron chi connectivity index (χ0n) is 15.3. The summed E-state index contributed by atoms with van der Waals surface area (Å²) in [6, 6.07) is 18.3. The maximum absolute atomic E-state index is 5.92. The third-order valence-corrected chi connectivity index (χ3v) is 10.6. The van der Waals surface area contributed by atoms with Crippen molar-refractivity contribution in [2.75, 3.05) is 0 Å². The van der Waals surface area contributed by atoms with Crippen molar-refractivity contribution in [3.8, 4) is 0 Å². The average Bonchev–Trinajstić information content (AvgIpc) is 3.36. The van der Waals surface area contributed by atoms with Crippen LogP contribution in [0.25, 0.3) is 0 Å². The summed E-state index contributed by atoms with van der Waals surface area (Å²) >= 11 is 8.09. The molecule has 2 spiro atoms. The zero-order chi connectivity index (χ0) is 17.7. The molecule has 2 aliphatic carbocycles. The number of thioether (sulfide) groups is 1. The van der Waals surface area contributed by atoms with E-state index in [2.05, 4.69) is 88.0 Å². The Morgan fingerprint density at radius 1 is 0.760 bits per heavy atom. The molecule has 2 fully saturated rings. The van der Waals surface area contributed by atoms with Gasteiger partial charge in [0.15, 0.2) is 0 Å². The van der Waals surface area contributed by atoms with Crippen LogP contribution in [0.15, 0.2) is 48.5 Å². The van der Waals surface area contributed by atoms with Gasteiger partial charge >= 0.3 is 0 Å². The Morgan fingerprint density at radius 3 is 1.68 bits per heavy atom. The predicted octanol–water partition coefficient (Wildman–Crippen LogP) is 5.95. The largest absolute Gasteiger partial charge is 0.133 e. The number of rotatable bonds is 0. The first-order valence-electron chi connectivity index (χ1n) is 9.22. The molecule has 1 saturated heterocycles. The molecule has 2 heteroatoms. The molecule has 0 atom stereocenters. The highest BCUT2D eigenvalue weighted by molar-refractivity contribution is 8.10. The number of fused-ring (bicyclic) bond motifs is 5. The molecule has 25 heavy (non-hydrogen) atoms. The molecule has 0 radical (unpaired) electrons. The van der Waals surface area contributed by atoms with Gasteiger partial charge in [-0.1, -0.05) is 88.4 Å². The van der Waals surface area contributed by atoms with Crippen molar-refractivity contribution in [1.29, 1.82) is 0 Å². The summed E-state index contributed by atoms with van der Waals surface area (Å²) in [7, 11) is 0. The molecule has 0 bridgehead atoms. The molecular formula is C23H24S2. The van der Waals surface area contributed by atoms with Gasteiger partial charge in [-0.2, -0.15) is 0 Å². The Bertz CT molecular complexity index is 854. The lowest BCUT2D eigenvalue weighted by atomic mass is 9.43. The van der Waals surface area contributed by atoms with Crippen molar-refractivity contribution < 1.29 is 0 Å². The summed E-state index contributed by atoms with van der Waals surface area (Å²) in [5.41, 5.74) is 6.25. The lowest BCUT2D eigenvalue weighted by Gasteiger charge is -2.61. The zero-order valence-corrected chi connectivity index (χ0v) is 17.0. The highest BCUT2D eigenvalue weighted by atomic mass is 32.2. The second-order valence-electron chi connectivity index (χ2n) is 8.86. The molecule has 128 valence electrons. The van der Waals surface area contributed by atoms with Gasteiger partial charge in [-0.05, 0) is 35.1 Å².